The maximum Gasteiger partial charge on any atom is 0.140 e. The quantitative estimate of drug-likeness (QED) is 0.417. The third-order valence-corrected chi connectivity index (χ3v) is 4.71. The molecule has 3 aromatic carbocycles. The first kappa shape index (κ1) is 10.2. The zero-order chi connectivity index (χ0) is 12.1. The largest absolute Gasteiger partial charge is 0.140 e. The fourth-order valence-corrected chi connectivity index (χ4v) is 3.98. The number of hydrogen-bond acceptors (Lipinski definition) is 1. The lowest BCUT2D eigenvalue weighted by Crippen LogP contribution is -2.02. The third kappa shape index (κ3) is 1.27. The summed E-state index contributed by atoms with van der Waals surface area (Å²) in [6.45, 7) is 0. The second-order valence-electron chi connectivity index (χ2n) is 4.71. The van der Waals surface area contributed by atoms with Crippen molar-refractivity contribution in [3.05, 3.63) is 54.6 Å². The number of rotatable bonds is 0. The molecule has 0 N–H and O–H groups in total. The molecule has 0 saturated carbocycles. The molecule has 18 heavy (non-hydrogen) atoms. The van der Waals surface area contributed by atoms with Crippen molar-refractivity contribution in [2.45, 2.75) is 0 Å². The summed E-state index contributed by atoms with van der Waals surface area (Å²) in [5, 5.41) is 5.55. The van der Waals surface area contributed by atoms with E-state index in [-0.39, 0.29) is 0 Å². The van der Waals surface area contributed by atoms with Crippen LogP contribution in [0.1, 0.15) is 0 Å². The molecule has 2 heteroatoms. The molecule has 0 radical (unpaired) electrons. The van der Waals surface area contributed by atoms with Crippen LogP contribution in [0.25, 0.3) is 30.9 Å². The third-order valence-electron chi connectivity index (χ3n) is 3.59. The van der Waals surface area contributed by atoms with E-state index in [1.54, 1.807) is 0 Å². The number of thiophene rings is 1. The van der Waals surface area contributed by atoms with Crippen LogP contribution >= 0.6 is 11.3 Å². The molecule has 0 aliphatic rings. The van der Waals surface area contributed by atoms with E-state index in [9.17, 15) is 0 Å². The van der Waals surface area contributed by atoms with Crippen LogP contribution in [-0.4, -0.2) is 7.85 Å². The molecule has 0 unspecified atom stereocenters. The van der Waals surface area contributed by atoms with Gasteiger partial charge in [0.2, 0.25) is 0 Å². The van der Waals surface area contributed by atoms with Crippen LogP contribution in [0.15, 0.2) is 54.6 Å². The molecular weight excluding hydrogens is 235 g/mol. The predicted molar refractivity (Wildman–Crippen MR) is 85.0 cm³/mol. The molecule has 4 aromatic rings. The van der Waals surface area contributed by atoms with Crippen LogP contribution in [0.5, 0.6) is 0 Å². The van der Waals surface area contributed by atoms with Gasteiger partial charge in [0, 0.05) is 20.2 Å². The van der Waals surface area contributed by atoms with E-state index in [4.69, 9.17) is 0 Å². The van der Waals surface area contributed by atoms with Crippen molar-refractivity contribution < 1.29 is 0 Å². The Balaban J connectivity index is 2.39. The van der Waals surface area contributed by atoms with Gasteiger partial charge in [0.15, 0.2) is 0 Å². The van der Waals surface area contributed by atoms with E-state index in [1.165, 1.54) is 36.4 Å². The Kier molecular flexibility index (Phi) is 2.03. The Labute approximate surface area is 110 Å². The summed E-state index contributed by atoms with van der Waals surface area (Å²) in [5.41, 5.74) is 1.37. The van der Waals surface area contributed by atoms with Crippen LogP contribution in [0.3, 0.4) is 0 Å². The highest BCUT2D eigenvalue weighted by molar-refractivity contribution is 7.26. The monoisotopic (exact) mass is 246 g/mol. The van der Waals surface area contributed by atoms with Crippen LogP contribution < -0.4 is 5.46 Å². The highest BCUT2D eigenvalue weighted by Crippen LogP contribution is 2.37. The summed E-state index contributed by atoms with van der Waals surface area (Å²) >= 11 is 1.89. The Bertz CT molecular complexity index is 889. The van der Waals surface area contributed by atoms with E-state index in [0.29, 0.717) is 0 Å². The SMILES string of the molecule is Bc1cc2sc3ccccc3c2c2ccccc12. The molecule has 0 fully saturated rings. The highest BCUT2D eigenvalue weighted by atomic mass is 32.1. The minimum Gasteiger partial charge on any atom is -0.135 e. The summed E-state index contributed by atoms with van der Waals surface area (Å²) in [5.74, 6) is 0. The first-order valence-electron chi connectivity index (χ1n) is 6.14. The topological polar surface area (TPSA) is 0 Å². The normalized spacial score (nSPS) is 11.6. The van der Waals surface area contributed by atoms with Gasteiger partial charge in [-0.05, 0) is 16.8 Å². The van der Waals surface area contributed by atoms with Gasteiger partial charge in [0.1, 0.15) is 7.85 Å². The van der Waals surface area contributed by atoms with Crippen molar-refractivity contribution >= 4 is 55.6 Å². The molecule has 1 aromatic heterocycles. The number of hydrogen-bond donors (Lipinski definition) is 0. The van der Waals surface area contributed by atoms with Gasteiger partial charge < -0.3 is 0 Å². The second-order valence-corrected chi connectivity index (χ2v) is 5.79. The van der Waals surface area contributed by atoms with Crippen LogP contribution in [0, 0.1) is 0 Å². The van der Waals surface area contributed by atoms with E-state index in [0.717, 1.165) is 0 Å². The summed E-state index contributed by atoms with van der Waals surface area (Å²) in [4.78, 5) is 0. The van der Waals surface area contributed by atoms with Crippen molar-refractivity contribution in [2.24, 2.45) is 0 Å². The molecule has 0 spiro atoms. The first-order valence-corrected chi connectivity index (χ1v) is 6.96. The molecule has 84 valence electrons. The van der Waals surface area contributed by atoms with Crippen LogP contribution in [0.4, 0.5) is 0 Å². The minimum absolute atomic E-state index is 1.37. The van der Waals surface area contributed by atoms with Gasteiger partial charge in [-0.15, -0.1) is 11.3 Å². The fraction of sp³-hybridized carbons (Fsp3) is 0. The van der Waals surface area contributed by atoms with E-state index in [2.05, 4.69) is 62.4 Å². The van der Waals surface area contributed by atoms with Gasteiger partial charge in [-0.2, -0.15) is 0 Å². The summed E-state index contributed by atoms with van der Waals surface area (Å²) < 4.78 is 2.77. The minimum atomic E-state index is 1.37. The zero-order valence-electron chi connectivity index (χ0n) is 10.1. The molecule has 0 amide bonds. The molecule has 0 nitrogen and oxygen atoms in total. The van der Waals surface area contributed by atoms with Gasteiger partial charge in [-0.25, -0.2) is 0 Å². The van der Waals surface area contributed by atoms with Crippen LogP contribution in [0.2, 0.25) is 0 Å². The van der Waals surface area contributed by atoms with E-state index >= 15 is 0 Å². The summed E-state index contributed by atoms with van der Waals surface area (Å²) in [7, 11) is 2.20. The summed E-state index contributed by atoms with van der Waals surface area (Å²) in [6.07, 6.45) is 0. The molecule has 0 bridgehead atoms. The zero-order valence-corrected chi connectivity index (χ0v) is 10.9. The van der Waals surface area contributed by atoms with Crippen molar-refractivity contribution in [2.75, 3.05) is 0 Å². The standard InChI is InChI=1S/C16H11BS/c17-13-9-15-16(11-6-2-1-5-10(11)13)12-7-3-4-8-14(12)18-15/h1-9H,17H2. The molecular formula is C16H11BS. The highest BCUT2D eigenvalue weighted by Gasteiger charge is 2.09. The maximum absolute atomic E-state index is 2.32. The van der Waals surface area contributed by atoms with Crippen molar-refractivity contribution in [3.63, 3.8) is 0 Å². The smallest absolute Gasteiger partial charge is 0.135 e. The van der Waals surface area contributed by atoms with Crippen molar-refractivity contribution in [1.82, 2.24) is 0 Å². The summed E-state index contributed by atoms with van der Waals surface area (Å²) in [6, 6.07) is 19.7. The van der Waals surface area contributed by atoms with Gasteiger partial charge in [0.25, 0.3) is 0 Å². The van der Waals surface area contributed by atoms with E-state index < -0.39 is 0 Å². The van der Waals surface area contributed by atoms with Crippen molar-refractivity contribution in [1.29, 1.82) is 0 Å². The lowest BCUT2D eigenvalue weighted by atomic mass is 9.88. The second kappa shape index (κ2) is 3.60. The number of benzene rings is 3. The Morgan fingerprint density at radius 2 is 1.39 bits per heavy atom. The first-order chi connectivity index (χ1) is 8.84. The average molecular weight is 246 g/mol. The van der Waals surface area contributed by atoms with Gasteiger partial charge in [-0.1, -0.05) is 54.0 Å². The molecule has 4 rings (SSSR count). The van der Waals surface area contributed by atoms with Crippen LogP contribution in [-0.2, 0) is 0 Å². The lowest BCUT2D eigenvalue weighted by Gasteiger charge is -2.04. The van der Waals surface area contributed by atoms with Gasteiger partial charge in [0.05, 0.1) is 0 Å². The van der Waals surface area contributed by atoms with Crippen molar-refractivity contribution in [3.8, 4) is 0 Å². The Morgan fingerprint density at radius 1 is 0.722 bits per heavy atom. The molecule has 0 atom stereocenters. The fourth-order valence-electron chi connectivity index (χ4n) is 2.76. The molecule has 1 heterocycles. The molecule has 0 aliphatic heterocycles. The Hall–Kier alpha value is -1.80. The number of fused-ring (bicyclic) bond motifs is 5. The van der Waals surface area contributed by atoms with Gasteiger partial charge >= 0.3 is 0 Å². The van der Waals surface area contributed by atoms with E-state index in [1.807, 2.05) is 11.3 Å². The average Bonchev–Trinajstić information content (AvgIpc) is 2.77. The lowest BCUT2D eigenvalue weighted by molar-refractivity contribution is 1.83. The van der Waals surface area contributed by atoms with Gasteiger partial charge in [-0.3, -0.25) is 0 Å². The Morgan fingerprint density at radius 3 is 2.22 bits per heavy atom. The molecule has 0 aliphatic carbocycles. The molecule has 0 saturated heterocycles. The predicted octanol–water partition coefficient (Wildman–Crippen LogP) is 3.47. The maximum atomic E-state index is 2.32.